The molecule has 11 nitrogen and oxygen atoms in total. The average molecular weight is 570 g/mol. The first-order valence-corrected chi connectivity index (χ1v) is 12.6. The first-order valence-electron chi connectivity index (χ1n) is 12.6. The van der Waals surface area contributed by atoms with Crippen LogP contribution in [-0.2, 0) is 30.8 Å². The Bertz CT molecular complexity index is 1540. The van der Waals surface area contributed by atoms with Crippen molar-refractivity contribution in [1.82, 2.24) is 29.9 Å². The van der Waals surface area contributed by atoms with Crippen LogP contribution < -0.4 is 21.1 Å². The van der Waals surface area contributed by atoms with Crippen LogP contribution in [0.15, 0.2) is 77.9 Å². The standard InChI is InChI=1S/C27H26F3N7O4/c28-27(29,30)41-21-10-6-9-20(15-21)16-24(38)32-23-11-14-36(26(40)33-23)12-4-5-13-37-18-22(34-35-37)25(39)31-17-19-7-2-1-3-8-19/h1-3,6-11,14-15,18H,4-5,12-13,16-17H2,(H,31,39)(H,32,33,38,40). The van der Waals surface area contributed by atoms with E-state index in [1.54, 1.807) is 10.9 Å². The average Bonchev–Trinajstić information content (AvgIpc) is 3.40. The van der Waals surface area contributed by atoms with Crippen molar-refractivity contribution in [2.24, 2.45) is 0 Å². The van der Waals surface area contributed by atoms with Crippen molar-refractivity contribution in [3.05, 3.63) is 100 Å². The summed E-state index contributed by atoms with van der Waals surface area (Å²) in [6.07, 6.45) is -0.762. The second-order valence-electron chi connectivity index (χ2n) is 8.95. The van der Waals surface area contributed by atoms with Crippen molar-refractivity contribution < 1.29 is 27.5 Å². The van der Waals surface area contributed by atoms with E-state index >= 15 is 0 Å². The summed E-state index contributed by atoms with van der Waals surface area (Å²) in [5.41, 5.74) is 0.908. The van der Waals surface area contributed by atoms with Crippen LogP contribution in [0.3, 0.4) is 0 Å². The van der Waals surface area contributed by atoms with E-state index < -0.39 is 23.7 Å². The number of aromatic nitrogens is 5. The van der Waals surface area contributed by atoms with Crippen LogP contribution in [-0.4, -0.2) is 42.7 Å². The highest BCUT2D eigenvalue weighted by atomic mass is 19.4. The van der Waals surface area contributed by atoms with E-state index in [-0.39, 0.29) is 23.8 Å². The van der Waals surface area contributed by atoms with Crippen LogP contribution in [0.4, 0.5) is 19.0 Å². The predicted molar refractivity (Wildman–Crippen MR) is 141 cm³/mol. The Labute approximate surface area is 232 Å². The zero-order valence-corrected chi connectivity index (χ0v) is 21.7. The summed E-state index contributed by atoms with van der Waals surface area (Å²) in [5.74, 6) is -1.29. The Morgan fingerprint density at radius 2 is 1.71 bits per heavy atom. The van der Waals surface area contributed by atoms with Gasteiger partial charge in [0.05, 0.1) is 12.6 Å². The summed E-state index contributed by atoms with van der Waals surface area (Å²) in [4.78, 5) is 40.8. The molecule has 0 radical (unpaired) electrons. The Morgan fingerprint density at radius 1 is 0.951 bits per heavy atom. The molecule has 0 saturated carbocycles. The Kier molecular flexibility index (Phi) is 9.45. The molecule has 0 bridgehead atoms. The van der Waals surface area contributed by atoms with Crippen molar-refractivity contribution in [2.45, 2.75) is 45.3 Å². The van der Waals surface area contributed by atoms with Crippen molar-refractivity contribution >= 4 is 17.6 Å². The van der Waals surface area contributed by atoms with Gasteiger partial charge < -0.3 is 15.4 Å². The van der Waals surface area contributed by atoms with E-state index in [9.17, 15) is 27.6 Å². The smallest absolute Gasteiger partial charge is 0.406 e. The lowest BCUT2D eigenvalue weighted by atomic mass is 10.1. The van der Waals surface area contributed by atoms with Gasteiger partial charge in [0.15, 0.2) is 5.69 Å². The maximum atomic E-state index is 12.4. The SMILES string of the molecule is O=C(Cc1cccc(OC(F)(F)F)c1)Nc1ccn(CCCCn2cc(C(=O)NCc3ccccc3)nn2)c(=O)n1. The number of rotatable bonds is 12. The van der Waals surface area contributed by atoms with Crippen molar-refractivity contribution in [3.63, 3.8) is 0 Å². The van der Waals surface area contributed by atoms with Gasteiger partial charge in [0.2, 0.25) is 5.91 Å². The number of aryl methyl sites for hydroxylation is 2. The van der Waals surface area contributed by atoms with E-state index in [1.165, 1.54) is 29.0 Å². The molecule has 2 aromatic heterocycles. The van der Waals surface area contributed by atoms with Crippen molar-refractivity contribution in [2.75, 3.05) is 5.32 Å². The molecule has 14 heteroatoms. The van der Waals surface area contributed by atoms with Crippen LogP contribution in [0.25, 0.3) is 0 Å². The van der Waals surface area contributed by atoms with E-state index in [1.807, 2.05) is 30.3 Å². The highest BCUT2D eigenvalue weighted by molar-refractivity contribution is 5.92. The third kappa shape index (κ3) is 9.30. The molecule has 0 atom stereocenters. The maximum Gasteiger partial charge on any atom is 0.573 e. The predicted octanol–water partition coefficient (Wildman–Crippen LogP) is 3.33. The summed E-state index contributed by atoms with van der Waals surface area (Å²) in [6, 6.07) is 16.0. The molecule has 2 aromatic carbocycles. The van der Waals surface area contributed by atoms with Gasteiger partial charge in [-0.1, -0.05) is 47.7 Å². The molecule has 0 unspecified atom stereocenters. The van der Waals surface area contributed by atoms with Crippen molar-refractivity contribution in [3.8, 4) is 5.75 Å². The van der Waals surface area contributed by atoms with Gasteiger partial charge in [0.25, 0.3) is 5.91 Å². The Hall–Kier alpha value is -5.01. The number of amides is 2. The quantitative estimate of drug-likeness (QED) is 0.250. The number of hydrogen-bond donors (Lipinski definition) is 2. The lowest BCUT2D eigenvalue weighted by Gasteiger charge is -2.10. The molecule has 0 aliphatic carbocycles. The number of alkyl halides is 3. The number of unbranched alkanes of at least 4 members (excludes halogenated alkanes) is 1. The number of hydrogen-bond acceptors (Lipinski definition) is 7. The number of nitrogens with zero attached hydrogens (tertiary/aromatic N) is 5. The zero-order valence-electron chi connectivity index (χ0n) is 21.7. The molecule has 4 rings (SSSR count). The zero-order chi connectivity index (χ0) is 29.2. The third-order valence-corrected chi connectivity index (χ3v) is 5.74. The number of halogens is 3. The van der Waals surface area contributed by atoms with Crippen LogP contribution in [0.1, 0.15) is 34.5 Å². The lowest BCUT2D eigenvalue weighted by molar-refractivity contribution is -0.274. The van der Waals surface area contributed by atoms with Gasteiger partial charge in [-0.15, -0.1) is 18.3 Å². The van der Waals surface area contributed by atoms with Gasteiger partial charge >= 0.3 is 12.1 Å². The maximum absolute atomic E-state index is 12.4. The molecular formula is C27H26F3N7O4. The molecule has 2 N–H and O–H groups in total. The molecule has 0 saturated heterocycles. The van der Waals surface area contributed by atoms with Gasteiger partial charge in [0, 0.05) is 25.8 Å². The van der Waals surface area contributed by atoms with Gasteiger partial charge in [-0.3, -0.25) is 18.8 Å². The van der Waals surface area contributed by atoms with Gasteiger partial charge in [-0.25, -0.2) is 4.79 Å². The fourth-order valence-corrected chi connectivity index (χ4v) is 3.83. The second-order valence-corrected chi connectivity index (χ2v) is 8.95. The molecule has 0 spiro atoms. The minimum absolute atomic E-state index is 0.0274. The third-order valence-electron chi connectivity index (χ3n) is 5.74. The molecule has 214 valence electrons. The first-order chi connectivity index (χ1) is 19.6. The summed E-state index contributed by atoms with van der Waals surface area (Å²) >= 11 is 0. The molecule has 4 aromatic rings. The molecule has 2 heterocycles. The summed E-state index contributed by atoms with van der Waals surface area (Å²) in [7, 11) is 0. The van der Waals surface area contributed by atoms with Gasteiger partial charge in [-0.2, -0.15) is 4.98 Å². The van der Waals surface area contributed by atoms with Crippen LogP contribution in [0.2, 0.25) is 0 Å². The van der Waals surface area contributed by atoms with Crippen LogP contribution in [0.5, 0.6) is 5.75 Å². The normalized spacial score (nSPS) is 11.2. The largest absolute Gasteiger partial charge is 0.573 e. The molecule has 41 heavy (non-hydrogen) atoms. The number of ether oxygens (including phenoxy) is 1. The molecule has 0 aliphatic rings. The fraction of sp³-hybridized carbons (Fsp3) is 0.259. The summed E-state index contributed by atoms with van der Waals surface area (Å²) in [6.45, 7) is 1.24. The number of anilines is 1. The monoisotopic (exact) mass is 569 g/mol. The van der Waals surface area contributed by atoms with E-state index in [2.05, 4.69) is 30.7 Å². The van der Waals surface area contributed by atoms with Gasteiger partial charge in [0.1, 0.15) is 11.6 Å². The lowest BCUT2D eigenvalue weighted by Crippen LogP contribution is -2.25. The van der Waals surface area contributed by atoms with Crippen LogP contribution in [0, 0.1) is 0 Å². The highest BCUT2D eigenvalue weighted by Crippen LogP contribution is 2.23. The highest BCUT2D eigenvalue weighted by Gasteiger charge is 2.31. The molecule has 2 amide bonds. The summed E-state index contributed by atoms with van der Waals surface area (Å²) < 4.78 is 44.0. The molecule has 0 aliphatic heterocycles. The fourth-order valence-electron chi connectivity index (χ4n) is 3.83. The van der Waals surface area contributed by atoms with E-state index in [0.29, 0.717) is 38.0 Å². The number of carbonyl (C=O) groups excluding carboxylic acids is 2. The Balaban J connectivity index is 1.20. The van der Waals surface area contributed by atoms with Crippen molar-refractivity contribution in [1.29, 1.82) is 0 Å². The minimum atomic E-state index is -4.84. The molecule has 0 fully saturated rings. The second kappa shape index (κ2) is 13.4. The molecular weight excluding hydrogens is 543 g/mol. The summed E-state index contributed by atoms with van der Waals surface area (Å²) in [5, 5.41) is 13.1. The number of carbonyl (C=O) groups is 2. The Morgan fingerprint density at radius 3 is 2.46 bits per heavy atom. The topological polar surface area (TPSA) is 133 Å². The number of nitrogens with one attached hydrogen (secondary N) is 2. The van der Waals surface area contributed by atoms with E-state index in [4.69, 9.17) is 0 Å². The number of benzene rings is 2. The first kappa shape index (κ1) is 29.0. The minimum Gasteiger partial charge on any atom is -0.406 e. The van der Waals surface area contributed by atoms with Gasteiger partial charge in [-0.05, 0) is 42.2 Å². The van der Waals surface area contributed by atoms with Crippen LogP contribution >= 0.6 is 0 Å². The van der Waals surface area contributed by atoms with E-state index in [0.717, 1.165) is 17.7 Å².